The molecule has 20 heavy (non-hydrogen) atoms. The highest BCUT2D eigenvalue weighted by Crippen LogP contribution is 2.20. The third kappa shape index (κ3) is 4.26. The highest BCUT2D eigenvalue weighted by molar-refractivity contribution is 5.77. The van der Waals surface area contributed by atoms with Crippen LogP contribution in [0.5, 0.6) is 0 Å². The van der Waals surface area contributed by atoms with Crippen molar-refractivity contribution in [1.29, 1.82) is 0 Å². The fraction of sp³-hybridized carbons (Fsp3) is 0.588. The fourth-order valence-corrected chi connectivity index (χ4v) is 2.56. The lowest BCUT2D eigenvalue weighted by molar-refractivity contribution is -0.123. The molecule has 0 radical (unpaired) electrons. The Labute approximate surface area is 122 Å². The van der Waals surface area contributed by atoms with Gasteiger partial charge < -0.3 is 10.2 Å². The number of carbonyl (C=O) groups excluding carboxylic acids is 1. The zero-order chi connectivity index (χ0) is 14.4. The molecule has 1 aromatic rings. The molecular formula is C17H26N2O. The first-order valence-electron chi connectivity index (χ1n) is 7.78. The molecule has 0 atom stereocenters. The molecule has 1 N–H and O–H groups in total. The number of nitrogens with one attached hydrogen (secondary N) is 1. The number of carbonyl (C=O) groups is 1. The number of nitrogens with zero attached hydrogens (tertiary/aromatic N) is 1. The average molecular weight is 274 g/mol. The van der Waals surface area contributed by atoms with Gasteiger partial charge in [0.05, 0.1) is 0 Å². The number of benzene rings is 1. The van der Waals surface area contributed by atoms with Gasteiger partial charge in [-0.25, -0.2) is 0 Å². The standard InChI is InChI=1S/C17H26N2O/c1-14(2)17(20)18-11-5-6-15-7-9-16(10-8-15)19-12-3-4-13-19/h7-10,14H,3-6,11-13H2,1-2H3,(H,18,20). The van der Waals surface area contributed by atoms with Gasteiger partial charge >= 0.3 is 0 Å². The molecule has 1 saturated heterocycles. The van der Waals surface area contributed by atoms with Crippen molar-refractivity contribution in [1.82, 2.24) is 5.32 Å². The first kappa shape index (κ1) is 14.9. The highest BCUT2D eigenvalue weighted by Gasteiger charge is 2.11. The number of aryl methyl sites for hydroxylation is 1. The summed E-state index contributed by atoms with van der Waals surface area (Å²) in [6.07, 6.45) is 4.66. The van der Waals surface area contributed by atoms with Crippen LogP contribution >= 0.6 is 0 Å². The van der Waals surface area contributed by atoms with Gasteiger partial charge in [0.2, 0.25) is 5.91 Å². The van der Waals surface area contributed by atoms with E-state index in [1.54, 1.807) is 0 Å². The van der Waals surface area contributed by atoms with Crippen molar-refractivity contribution in [3.8, 4) is 0 Å². The SMILES string of the molecule is CC(C)C(=O)NCCCc1ccc(N2CCCC2)cc1. The first-order chi connectivity index (χ1) is 9.66. The van der Waals surface area contributed by atoms with Crippen molar-refractivity contribution >= 4 is 11.6 Å². The topological polar surface area (TPSA) is 32.3 Å². The second-order valence-corrected chi connectivity index (χ2v) is 5.91. The molecule has 0 spiro atoms. The van der Waals surface area contributed by atoms with E-state index in [4.69, 9.17) is 0 Å². The van der Waals surface area contributed by atoms with Crippen LogP contribution in [0.4, 0.5) is 5.69 Å². The molecule has 1 heterocycles. The zero-order valence-electron chi connectivity index (χ0n) is 12.7. The van der Waals surface area contributed by atoms with Gasteiger partial charge in [-0.2, -0.15) is 0 Å². The molecule has 1 aromatic carbocycles. The van der Waals surface area contributed by atoms with Crippen molar-refractivity contribution in [2.45, 2.75) is 39.5 Å². The van der Waals surface area contributed by atoms with Gasteiger partial charge in [0.1, 0.15) is 0 Å². The van der Waals surface area contributed by atoms with Gasteiger partial charge in [-0.15, -0.1) is 0 Å². The molecule has 3 nitrogen and oxygen atoms in total. The molecule has 1 amide bonds. The molecule has 0 unspecified atom stereocenters. The molecule has 0 aromatic heterocycles. The van der Waals surface area contributed by atoms with Gasteiger partial charge in [-0.3, -0.25) is 4.79 Å². The van der Waals surface area contributed by atoms with Crippen LogP contribution in [0, 0.1) is 5.92 Å². The monoisotopic (exact) mass is 274 g/mol. The van der Waals surface area contributed by atoms with Gasteiger partial charge in [0.25, 0.3) is 0 Å². The summed E-state index contributed by atoms with van der Waals surface area (Å²) in [5.74, 6) is 0.226. The minimum absolute atomic E-state index is 0.0785. The van der Waals surface area contributed by atoms with Gasteiger partial charge in [-0.1, -0.05) is 26.0 Å². The number of amides is 1. The van der Waals surface area contributed by atoms with Crippen molar-refractivity contribution in [3.63, 3.8) is 0 Å². The molecule has 110 valence electrons. The third-order valence-corrected chi connectivity index (χ3v) is 3.87. The predicted octanol–water partition coefficient (Wildman–Crippen LogP) is 2.99. The molecule has 2 rings (SSSR count). The fourth-order valence-electron chi connectivity index (χ4n) is 2.56. The van der Waals surface area contributed by atoms with Crippen molar-refractivity contribution in [3.05, 3.63) is 29.8 Å². The Kier molecular flexibility index (Phi) is 5.45. The molecule has 3 heteroatoms. The van der Waals surface area contributed by atoms with Gasteiger partial charge in [0, 0.05) is 31.2 Å². The Bertz CT molecular complexity index is 419. The summed E-state index contributed by atoms with van der Waals surface area (Å²) in [5.41, 5.74) is 2.70. The average Bonchev–Trinajstić information content (AvgIpc) is 2.98. The zero-order valence-corrected chi connectivity index (χ0v) is 12.7. The van der Waals surface area contributed by atoms with E-state index in [1.165, 1.54) is 37.2 Å². The summed E-state index contributed by atoms with van der Waals surface area (Å²) < 4.78 is 0. The van der Waals surface area contributed by atoms with Gasteiger partial charge in [0.15, 0.2) is 0 Å². The molecular weight excluding hydrogens is 248 g/mol. The lowest BCUT2D eigenvalue weighted by atomic mass is 10.1. The summed E-state index contributed by atoms with van der Waals surface area (Å²) in [4.78, 5) is 13.9. The largest absolute Gasteiger partial charge is 0.372 e. The van der Waals surface area contributed by atoms with Crippen LogP contribution in [0.25, 0.3) is 0 Å². The maximum absolute atomic E-state index is 11.4. The smallest absolute Gasteiger partial charge is 0.222 e. The summed E-state index contributed by atoms with van der Waals surface area (Å²) in [7, 11) is 0. The summed E-state index contributed by atoms with van der Waals surface area (Å²) in [6.45, 7) is 7.00. The van der Waals surface area contributed by atoms with Crippen LogP contribution in [0.15, 0.2) is 24.3 Å². The molecule has 1 aliphatic rings. The van der Waals surface area contributed by atoms with Crippen LogP contribution in [0.1, 0.15) is 38.7 Å². The van der Waals surface area contributed by atoms with Crippen molar-refractivity contribution in [2.75, 3.05) is 24.5 Å². The van der Waals surface area contributed by atoms with E-state index in [0.29, 0.717) is 0 Å². The molecule has 1 aliphatic heterocycles. The van der Waals surface area contributed by atoms with Crippen molar-refractivity contribution < 1.29 is 4.79 Å². The summed E-state index contributed by atoms with van der Waals surface area (Å²) in [6, 6.07) is 8.90. The minimum atomic E-state index is 0.0785. The van der Waals surface area contributed by atoms with E-state index in [2.05, 4.69) is 34.5 Å². The summed E-state index contributed by atoms with van der Waals surface area (Å²) >= 11 is 0. The maximum Gasteiger partial charge on any atom is 0.222 e. The van der Waals surface area contributed by atoms with Crippen LogP contribution in [0.3, 0.4) is 0 Å². The first-order valence-corrected chi connectivity index (χ1v) is 7.78. The normalized spacial score (nSPS) is 14.8. The summed E-state index contributed by atoms with van der Waals surface area (Å²) in [5, 5.41) is 2.96. The van der Waals surface area contributed by atoms with E-state index in [9.17, 15) is 4.79 Å². The van der Waals surface area contributed by atoms with Crippen molar-refractivity contribution in [2.24, 2.45) is 5.92 Å². The van der Waals surface area contributed by atoms with Crippen LogP contribution < -0.4 is 10.2 Å². The molecule has 0 bridgehead atoms. The minimum Gasteiger partial charge on any atom is -0.372 e. The van der Waals surface area contributed by atoms with E-state index in [1.807, 2.05) is 13.8 Å². The maximum atomic E-state index is 11.4. The number of hydrogen-bond acceptors (Lipinski definition) is 2. The molecule has 0 saturated carbocycles. The quantitative estimate of drug-likeness (QED) is 0.809. The Morgan fingerprint density at radius 2 is 1.85 bits per heavy atom. The third-order valence-electron chi connectivity index (χ3n) is 3.87. The van der Waals surface area contributed by atoms with Crippen LogP contribution in [-0.2, 0) is 11.2 Å². The Hall–Kier alpha value is -1.51. The van der Waals surface area contributed by atoms with Gasteiger partial charge in [-0.05, 0) is 43.4 Å². The van der Waals surface area contributed by atoms with E-state index in [0.717, 1.165) is 19.4 Å². The van der Waals surface area contributed by atoms with Crippen LogP contribution in [0.2, 0.25) is 0 Å². The lowest BCUT2D eigenvalue weighted by Gasteiger charge is -2.17. The van der Waals surface area contributed by atoms with E-state index < -0.39 is 0 Å². The number of rotatable bonds is 6. The second kappa shape index (κ2) is 7.32. The highest BCUT2D eigenvalue weighted by atomic mass is 16.1. The van der Waals surface area contributed by atoms with E-state index in [-0.39, 0.29) is 11.8 Å². The second-order valence-electron chi connectivity index (χ2n) is 5.91. The Morgan fingerprint density at radius 3 is 2.45 bits per heavy atom. The Morgan fingerprint density at radius 1 is 1.20 bits per heavy atom. The lowest BCUT2D eigenvalue weighted by Crippen LogP contribution is -2.28. The number of anilines is 1. The van der Waals surface area contributed by atoms with E-state index >= 15 is 0 Å². The Balaban J connectivity index is 1.72. The molecule has 1 fully saturated rings. The molecule has 0 aliphatic carbocycles. The number of hydrogen-bond donors (Lipinski definition) is 1. The predicted molar refractivity (Wildman–Crippen MR) is 84.1 cm³/mol. The van der Waals surface area contributed by atoms with Crippen LogP contribution in [-0.4, -0.2) is 25.5 Å².